The van der Waals surface area contributed by atoms with Crippen LogP contribution in [-0.4, -0.2) is 63.3 Å². The molecule has 4 aromatic carbocycles. The quantitative estimate of drug-likeness (QED) is 0.129. The summed E-state index contributed by atoms with van der Waals surface area (Å²) in [6, 6.07) is 26.2. The van der Waals surface area contributed by atoms with E-state index in [-0.39, 0.29) is 140 Å². The Labute approximate surface area is 742 Å². The van der Waals surface area contributed by atoms with E-state index in [0.717, 1.165) is 66.9 Å². The molecule has 648 valence electrons. The Kier molecular flexibility index (Phi) is 32.8. The molecule has 9 rings (SSSR count). The largest absolute Gasteiger partial charge is 0.873 e. The minimum absolute atomic E-state index is 0. The number of nitrogens with zero attached hydrogens (tertiary/aromatic N) is 6. The summed E-state index contributed by atoms with van der Waals surface area (Å²) < 4.78 is 0. The number of Topliss-reactive ketones (excluding diaryl/α,β-unsaturated/α-hetero) is 6. The van der Waals surface area contributed by atoms with E-state index < -0.39 is 0 Å². The molecule has 0 atom stereocenters. The second-order valence-electron chi connectivity index (χ2n) is 44.4. The number of hydrogen-bond acceptors (Lipinski definition) is 12. The molecular weight excluding hydrogens is 1570 g/mol. The first kappa shape index (κ1) is 104. The number of rotatable bonds is 7. The smallest absolute Gasteiger partial charge is 0.207 e. The van der Waals surface area contributed by atoms with Crippen molar-refractivity contribution in [2.45, 2.75) is 274 Å². The van der Waals surface area contributed by atoms with Gasteiger partial charge < -0.3 is 15.2 Å². The van der Waals surface area contributed by atoms with Gasteiger partial charge in [0.2, 0.25) is 28.9 Å². The molecule has 0 radical (unpaired) electrons. The van der Waals surface area contributed by atoms with Crippen LogP contribution in [0.25, 0.3) is 5.32 Å². The van der Waals surface area contributed by atoms with E-state index in [9.17, 15) is 33.9 Å². The Balaban J connectivity index is 0.000000366. The third-order valence-corrected chi connectivity index (χ3v) is 20.4. The van der Waals surface area contributed by atoms with Crippen LogP contribution in [0.1, 0.15) is 274 Å². The van der Waals surface area contributed by atoms with Crippen LogP contribution < -0.4 is 5.11 Å². The van der Waals surface area contributed by atoms with Crippen LogP contribution in [0.15, 0.2) is 226 Å². The fourth-order valence-electron chi connectivity index (χ4n) is 12.9. The topological polar surface area (TPSA) is 201 Å². The van der Waals surface area contributed by atoms with Gasteiger partial charge in [0.25, 0.3) is 0 Å². The Morgan fingerprint density at radius 1 is 0.275 bits per heavy atom. The van der Waals surface area contributed by atoms with Crippen molar-refractivity contribution < 1.29 is 68.0 Å². The number of ketones is 6. The van der Waals surface area contributed by atoms with Gasteiger partial charge >= 0.3 is 0 Å². The number of carbonyl (C=O) groups excluding carboxylic acids is 6. The monoisotopic (exact) mass is 1710 g/mol. The van der Waals surface area contributed by atoms with Gasteiger partial charge in [-0.05, 0) is 185 Å². The molecule has 5 aliphatic rings. The van der Waals surface area contributed by atoms with Gasteiger partial charge in [-0.1, -0.05) is 328 Å². The number of hydrogen-bond donors (Lipinski definition) is 0. The van der Waals surface area contributed by atoms with Crippen LogP contribution in [-0.2, 0) is 73.7 Å². The van der Waals surface area contributed by atoms with E-state index >= 15 is 0 Å². The first-order valence-corrected chi connectivity index (χ1v) is 41.5. The van der Waals surface area contributed by atoms with E-state index in [2.05, 4.69) is 249 Å². The van der Waals surface area contributed by atoms with Gasteiger partial charge in [-0.15, -0.1) is 17.1 Å². The van der Waals surface area contributed by atoms with Gasteiger partial charge in [-0.3, -0.25) is 24.0 Å². The molecule has 0 heterocycles. The average molecular weight is 1710 g/mol. The fraction of sp³-hybridized carbons (Fsp3) is 0.476. The van der Waals surface area contributed by atoms with Crippen molar-refractivity contribution in [2.24, 2.45) is 79.1 Å². The summed E-state index contributed by atoms with van der Waals surface area (Å²) >= 11 is 0. The predicted molar refractivity (Wildman–Crippen MR) is 498 cm³/mol. The summed E-state index contributed by atoms with van der Waals surface area (Å²) in [4.78, 5) is 100. The minimum atomic E-state index is -0.298. The maximum Gasteiger partial charge on any atom is 0.207 e. The zero-order valence-corrected chi connectivity index (χ0v) is 81.8. The van der Waals surface area contributed by atoms with E-state index in [1.807, 2.05) is 146 Å². The van der Waals surface area contributed by atoms with Crippen LogP contribution in [0.3, 0.4) is 0 Å². The number of allylic oxidation sites excluding steroid dienone is 20. The van der Waals surface area contributed by atoms with E-state index in [1.54, 1.807) is 0 Å². The second-order valence-corrected chi connectivity index (χ2v) is 44.4. The molecule has 5 aliphatic carbocycles. The molecule has 0 saturated heterocycles. The van der Waals surface area contributed by atoms with Crippen molar-refractivity contribution in [1.29, 1.82) is 0 Å². The van der Waals surface area contributed by atoms with Crippen molar-refractivity contribution >= 4 is 103 Å². The normalized spacial score (nSPS) is 18.0. The minimum Gasteiger partial charge on any atom is -0.873 e. The van der Waals surface area contributed by atoms with Gasteiger partial charge in [-0.2, -0.15) is 0 Å². The molecule has 0 N–H and O–H groups in total. The van der Waals surface area contributed by atoms with Crippen molar-refractivity contribution in [2.75, 3.05) is 0 Å². The van der Waals surface area contributed by atoms with Crippen LogP contribution in [0, 0.1) is 54.1 Å². The summed E-state index contributed by atoms with van der Waals surface area (Å²) in [5.41, 5.74) is 14.8. The number of carbonyl (C=O) groups is 6. The zero-order valence-electron chi connectivity index (χ0n) is 79.6. The molecule has 13 nitrogen and oxygen atoms in total. The van der Waals surface area contributed by atoms with E-state index in [4.69, 9.17) is 30.3 Å². The Bertz CT molecular complexity index is 4740. The zero-order chi connectivity index (χ0) is 90.1. The fourth-order valence-corrected chi connectivity index (χ4v) is 12.9. The molecule has 0 aromatic heterocycles. The maximum atomic E-state index is 13.4. The summed E-state index contributed by atoms with van der Waals surface area (Å²) in [5, 5.41) is 18.2. The number of aliphatic imine (C=N–C) groups is 5. The standard InChI is InChI=1S/C34H46N2O2.2C34H44N2O2.C3H6O.2Fe/c3*1-31(2,3)21-16-25(33(7,8)9)29(37)27(18-21)35-23-14-13-15-24(20-23)36-28-19-22(32(4,5)6)17-26(30(28)38)34(10,11)12;1-3(2)4;;/h13-20H,1-12H3,(H2,35,36,37,38);2*13-20H,1-12H3;1-2H3;;/p-2. The van der Waals surface area contributed by atoms with Gasteiger partial charge in [0.1, 0.15) is 34.3 Å². The molecule has 15 heteroatoms. The van der Waals surface area contributed by atoms with Crippen molar-refractivity contribution in [3.63, 3.8) is 0 Å². The number of benzene rings is 4. The Morgan fingerprint density at radius 3 is 0.675 bits per heavy atom. The molecule has 0 spiro atoms. The van der Waals surface area contributed by atoms with Crippen LogP contribution >= 0.6 is 0 Å². The van der Waals surface area contributed by atoms with Crippen molar-refractivity contribution in [3.05, 3.63) is 218 Å². The molecule has 0 amide bonds. The third kappa shape index (κ3) is 28.2. The Morgan fingerprint density at radius 2 is 0.483 bits per heavy atom. The maximum absolute atomic E-state index is 13.4. The molecule has 0 unspecified atom stereocenters. The van der Waals surface area contributed by atoms with Gasteiger partial charge in [0.05, 0.1) is 28.4 Å². The molecule has 0 saturated carbocycles. The first-order valence-electron chi connectivity index (χ1n) is 41.5. The summed E-state index contributed by atoms with van der Waals surface area (Å²) in [5.74, 6) is -0.153. The van der Waals surface area contributed by atoms with Crippen LogP contribution in [0.2, 0.25) is 0 Å². The van der Waals surface area contributed by atoms with Gasteiger partial charge in [0.15, 0.2) is 0 Å². The average Bonchev–Trinajstić information content (AvgIpc) is 0.804. The van der Waals surface area contributed by atoms with Crippen LogP contribution in [0.5, 0.6) is 5.75 Å². The molecule has 4 aromatic rings. The molecular formula is C105H138Fe2N6O7-2. The van der Waals surface area contributed by atoms with Gasteiger partial charge in [-0.25, -0.2) is 25.0 Å². The molecule has 120 heavy (non-hydrogen) atoms. The second kappa shape index (κ2) is 38.0. The Hall–Kier alpha value is -8.71. The predicted octanol–water partition coefficient (Wildman–Crippen LogP) is 27.7. The van der Waals surface area contributed by atoms with E-state index in [1.165, 1.54) is 13.8 Å². The molecule has 0 aliphatic heterocycles. The summed E-state index contributed by atoms with van der Waals surface area (Å²) in [6.45, 7) is 78.5. The molecule has 0 bridgehead atoms. The van der Waals surface area contributed by atoms with Crippen molar-refractivity contribution in [3.8, 4) is 5.75 Å². The van der Waals surface area contributed by atoms with E-state index in [0.29, 0.717) is 68.4 Å². The van der Waals surface area contributed by atoms with Gasteiger partial charge in [0, 0.05) is 62.0 Å². The SMILES string of the molecule is CC(C)(C)C1=CC(=Nc2cccc(N=C3C=C(C(C)(C)C)C=C(C(C)(C)C)C3=O)c2)C(=O)C(C(C)(C)C)=C1.CC(C)(C)C1=CC(=Nc2cccc(N=C3C=C(C(C)(C)C)C=C(C(C)(C)C)C3=O)c2)C(=O)C(C(C)(C)C)=C1.CC(C)(C)C1=CC(=Nc2cccc([N-]c3cc(C(C)(C)C)cc(C(C)(C)C)c3[O-])c2)C(=O)C(C(C)(C)C)=C1.CC(C)=O.[Fe].[Fe]. The van der Waals surface area contributed by atoms with Crippen molar-refractivity contribution in [1.82, 2.24) is 0 Å². The first-order chi connectivity index (χ1) is 53.3. The summed E-state index contributed by atoms with van der Waals surface area (Å²) in [7, 11) is 0. The van der Waals surface area contributed by atoms with Crippen LogP contribution in [0.4, 0.5) is 39.8 Å². The third-order valence-electron chi connectivity index (χ3n) is 20.4. The molecule has 0 fully saturated rings. The summed E-state index contributed by atoms with van der Waals surface area (Å²) in [6.07, 6.45) is 19.6.